The predicted molar refractivity (Wildman–Crippen MR) is 127 cm³/mol. The van der Waals surface area contributed by atoms with E-state index in [9.17, 15) is 13.2 Å². The van der Waals surface area contributed by atoms with Crippen LogP contribution in [0.5, 0.6) is 0 Å². The van der Waals surface area contributed by atoms with Gasteiger partial charge >= 0.3 is 0 Å². The SMILES string of the molecule is O=C(CCSc1cc(-c2ccccc2)ncn1)Nc1ccc(S(=O)(=O)N2CCOCC2)cc1. The minimum Gasteiger partial charge on any atom is -0.379 e. The maximum atomic E-state index is 12.7. The van der Waals surface area contributed by atoms with Crippen LogP contribution in [0.15, 0.2) is 76.9 Å². The second-order valence-electron chi connectivity index (χ2n) is 7.29. The molecule has 1 N–H and O–H groups in total. The molecule has 1 amide bonds. The van der Waals surface area contributed by atoms with Crippen molar-refractivity contribution in [2.75, 3.05) is 37.4 Å². The smallest absolute Gasteiger partial charge is 0.243 e. The fraction of sp³-hybridized carbons (Fsp3) is 0.261. The number of thioether (sulfide) groups is 1. The molecular formula is C23H24N4O4S2. The zero-order valence-corrected chi connectivity index (χ0v) is 19.5. The molecular weight excluding hydrogens is 460 g/mol. The van der Waals surface area contributed by atoms with Gasteiger partial charge in [-0.2, -0.15) is 4.31 Å². The second kappa shape index (κ2) is 10.9. The molecule has 4 rings (SSSR count). The summed E-state index contributed by atoms with van der Waals surface area (Å²) in [5, 5.41) is 3.61. The Morgan fingerprint density at radius 2 is 1.76 bits per heavy atom. The highest BCUT2D eigenvalue weighted by Crippen LogP contribution is 2.23. The molecule has 8 nitrogen and oxygen atoms in total. The molecule has 1 aliphatic heterocycles. The van der Waals surface area contributed by atoms with Gasteiger partial charge in [0.2, 0.25) is 15.9 Å². The number of amides is 1. The van der Waals surface area contributed by atoms with Crippen molar-refractivity contribution in [1.29, 1.82) is 0 Å². The summed E-state index contributed by atoms with van der Waals surface area (Å²) in [6.45, 7) is 1.48. The number of rotatable bonds is 8. The largest absolute Gasteiger partial charge is 0.379 e. The zero-order valence-electron chi connectivity index (χ0n) is 17.9. The van der Waals surface area contributed by atoms with Crippen molar-refractivity contribution in [1.82, 2.24) is 14.3 Å². The third-order valence-electron chi connectivity index (χ3n) is 5.04. The van der Waals surface area contributed by atoms with Crippen molar-refractivity contribution < 1.29 is 17.9 Å². The van der Waals surface area contributed by atoms with Crippen molar-refractivity contribution in [2.24, 2.45) is 0 Å². The Morgan fingerprint density at radius 1 is 1.03 bits per heavy atom. The number of hydrogen-bond donors (Lipinski definition) is 1. The fourth-order valence-corrected chi connectivity index (χ4v) is 5.52. The van der Waals surface area contributed by atoms with E-state index in [1.165, 1.54) is 34.5 Å². The Morgan fingerprint density at radius 3 is 2.48 bits per heavy atom. The summed E-state index contributed by atoms with van der Waals surface area (Å²) >= 11 is 1.48. The lowest BCUT2D eigenvalue weighted by atomic mass is 10.1. The number of anilines is 1. The standard InChI is InChI=1S/C23H24N4O4S2/c28-22(10-15-32-23-16-21(24-17-25-23)18-4-2-1-3-5-18)26-19-6-8-20(9-7-19)33(29,30)27-11-13-31-14-12-27/h1-9,16-17H,10-15H2,(H,26,28). The van der Waals surface area contributed by atoms with Crippen LogP contribution in [0.25, 0.3) is 11.3 Å². The number of nitrogens with one attached hydrogen (secondary N) is 1. The second-order valence-corrected chi connectivity index (χ2v) is 10.3. The number of carbonyl (C=O) groups excluding carboxylic acids is 1. The molecule has 0 atom stereocenters. The molecule has 0 saturated carbocycles. The number of carbonyl (C=O) groups is 1. The average molecular weight is 485 g/mol. The molecule has 0 aliphatic carbocycles. The number of hydrogen-bond acceptors (Lipinski definition) is 7. The van der Waals surface area contributed by atoms with Crippen molar-refractivity contribution in [3.05, 3.63) is 67.0 Å². The van der Waals surface area contributed by atoms with Crippen LogP contribution in [0.4, 0.5) is 5.69 Å². The summed E-state index contributed by atoms with van der Waals surface area (Å²) in [6, 6.07) is 18.0. The lowest BCUT2D eigenvalue weighted by Crippen LogP contribution is -2.40. The Labute approximate surface area is 197 Å². The first kappa shape index (κ1) is 23.4. The molecule has 33 heavy (non-hydrogen) atoms. The van der Waals surface area contributed by atoms with Crippen LogP contribution in [0.1, 0.15) is 6.42 Å². The predicted octanol–water partition coefficient (Wildman–Crippen LogP) is 3.29. The summed E-state index contributed by atoms with van der Waals surface area (Å²) in [4.78, 5) is 21.1. The molecule has 0 spiro atoms. The van der Waals surface area contributed by atoms with Gasteiger partial charge in [0, 0.05) is 36.5 Å². The summed E-state index contributed by atoms with van der Waals surface area (Å²) in [5.41, 5.74) is 2.41. The number of ether oxygens (including phenoxy) is 1. The minimum absolute atomic E-state index is 0.149. The lowest BCUT2D eigenvalue weighted by molar-refractivity contribution is -0.115. The van der Waals surface area contributed by atoms with Gasteiger partial charge in [-0.25, -0.2) is 18.4 Å². The third-order valence-corrected chi connectivity index (χ3v) is 7.88. The summed E-state index contributed by atoms with van der Waals surface area (Å²) in [6.07, 6.45) is 1.82. The van der Waals surface area contributed by atoms with Gasteiger partial charge in [0.25, 0.3) is 0 Å². The van der Waals surface area contributed by atoms with E-state index in [1.807, 2.05) is 36.4 Å². The number of sulfonamides is 1. The molecule has 0 bridgehead atoms. The van der Waals surface area contributed by atoms with E-state index in [4.69, 9.17) is 4.74 Å². The van der Waals surface area contributed by atoms with E-state index < -0.39 is 10.0 Å². The molecule has 1 fully saturated rings. The fourth-order valence-electron chi connectivity index (χ4n) is 3.30. The molecule has 1 aromatic heterocycles. The molecule has 0 radical (unpaired) electrons. The van der Waals surface area contributed by atoms with E-state index in [1.54, 1.807) is 12.1 Å². The lowest BCUT2D eigenvalue weighted by Gasteiger charge is -2.26. The zero-order chi connectivity index (χ0) is 23.1. The Bertz CT molecular complexity index is 1180. The Kier molecular flexibility index (Phi) is 7.71. The minimum atomic E-state index is -3.55. The van der Waals surface area contributed by atoms with Crippen LogP contribution < -0.4 is 5.32 Å². The first-order chi connectivity index (χ1) is 16.0. The van der Waals surface area contributed by atoms with Crippen LogP contribution in [0, 0.1) is 0 Å². The Balaban J connectivity index is 1.28. The first-order valence-corrected chi connectivity index (χ1v) is 12.9. The molecule has 0 unspecified atom stereocenters. The number of morpholine rings is 1. The monoisotopic (exact) mass is 484 g/mol. The highest BCUT2D eigenvalue weighted by Gasteiger charge is 2.26. The van der Waals surface area contributed by atoms with Gasteiger partial charge in [0.15, 0.2) is 0 Å². The van der Waals surface area contributed by atoms with Crippen LogP contribution in [-0.4, -0.2) is 60.7 Å². The first-order valence-electron chi connectivity index (χ1n) is 10.5. The molecule has 10 heteroatoms. The van der Waals surface area contributed by atoms with Crippen molar-refractivity contribution in [2.45, 2.75) is 16.3 Å². The summed E-state index contributed by atoms with van der Waals surface area (Å²) in [7, 11) is -3.55. The molecule has 2 aromatic carbocycles. The number of nitrogens with zero attached hydrogens (tertiary/aromatic N) is 3. The Hall–Kier alpha value is -2.79. The van der Waals surface area contributed by atoms with Gasteiger partial charge in [-0.1, -0.05) is 30.3 Å². The van der Waals surface area contributed by atoms with Crippen molar-refractivity contribution >= 4 is 33.4 Å². The van der Waals surface area contributed by atoms with Gasteiger partial charge in [0.1, 0.15) is 6.33 Å². The normalized spacial score (nSPS) is 14.7. The van der Waals surface area contributed by atoms with E-state index in [0.29, 0.717) is 44.2 Å². The van der Waals surface area contributed by atoms with Gasteiger partial charge in [-0.3, -0.25) is 4.79 Å². The summed E-state index contributed by atoms with van der Waals surface area (Å²) < 4.78 is 32.0. The van der Waals surface area contributed by atoms with Gasteiger partial charge in [-0.05, 0) is 30.3 Å². The van der Waals surface area contributed by atoms with Crippen molar-refractivity contribution in [3.8, 4) is 11.3 Å². The van der Waals surface area contributed by atoms with E-state index in [0.717, 1.165) is 16.3 Å². The quantitative estimate of drug-likeness (QED) is 0.387. The van der Waals surface area contributed by atoms with E-state index >= 15 is 0 Å². The maximum absolute atomic E-state index is 12.7. The third kappa shape index (κ3) is 6.17. The molecule has 1 saturated heterocycles. The topological polar surface area (TPSA) is 101 Å². The molecule has 3 aromatic rings. The average Bonchev–Trinajstić information content (AvgIpc) is 2.86. The number of benzene rings is 2. The van der Waals surface area contributed by atoms with Gasteiger partial charge in [0.05, 0.1) is 28.8 Å². The van der Waals surface area contributed by atoms with Gasteiger partial charge < -0.3 is 10.1 Å². The molecule has 172 valence electrons. The van der Waals surface area contributed by atoms with Crippen molar-refractivity contribution in [3.63, 3.8) is 0 Å². The molecule has 1 aliphatic rings. The van der Waals surface area contributed by atoms with E-state index in [2.05, 4.69) is 15.3 Å². The van der Waals surface area contributed by atoms with Crippen LogP contribution in [0.3, 0.4) is 0 Å². The van der Waals surface area contributed by atoms with E-state index in [-0.39, 0.29) is 10.8 Å². The maximum Gasteiger partial charge on any atom is 0.243 e. The van der Waals surface area contributed by atoms with Crippen LogP contribution >= 0.6 is 11.8 Å². The highest BCUT2D eigenvalue weighted by molar-refractivity contribution is 7.99. The summed E-state index contributed by atoms with van der Waals surface area (Å²) in [5.74, 6) is 0.407. The van der Waals surface area contributed by atoms with Crippen LogP contribution in [-0.2, 0) is 19.6 Å². The number of aromatic nitrogens is 2. The van der Waals surface area contributed by atoms with Crippen LogP contribution in [0.2, 0.25) is 0 Å². The molecule has 2 heterocycles. The van der Waals surface area contributed by atoms with Gasteiger partial charge in [-0.15, -0.1) is 11.8 Å². The highest BCUT2D eigenvalue weighted by atomic mass is 32.2.